The first-order chi connectivity index (χ1) is 6.10. The van der Waals surface area contributed by atoms with E-state index >= 15 is 0 Å². The van der Waals surface area contributed by atoms with Gasteiger partial charge >= 0.3 is 5.97 Å². The number of hydrogen-bond donors (Lipinski definition) is 0. The lowest BCUT2D eigenvalue weighted by atomic mass is 9.99. The van der Waals surface area contributed by atoms with Gasteiger partial charge in [0.05, 0.1) is 7.11 Å². The van der Waals surface area contributed by atoms with E-state index < -0.39 is 0 Å². The Hall–Kier alpha value is -0.860. The number of rotatable bonds is 6. The molecule has 0 radical (unpaired) electrons. The SMILES string of the molecule is CCCC(=O)C[C@@H](C)CC(=O)OC. The minimum absolute atomic E-state index is 0.103. The highest BCUT2D eigenvalue weighted by atomic mass is 16.5. The summed E-state index contributed by atoms with van der Waals surface area (Å²) in [5, 5.41) is 0. The van der Waals surface area contributed by atoms with Crippen LogP contribution in [-0.4, -0.2) is 18.9 Å². The van der Waals surface area contributed by atoms with Gasteiger partial charge in [0.2, 0.25) is 0 Å². The lowest BCUT2D eigenvalue weighted by Crippen LogP contribution is -2.11. The maximum atomic E-state index is 11.2. The molecule has 0 heterocycles. The van der Waals surface area contributed by atoms with E-state index in [1.165, 1.54) is 7.11 Å². The van der Waals surface area contributed by atoms with Crippen molar-refractivity contribution in [1.29, 1.82) is 0 Å². The molecule has 0 fully saturated rings. The van der Waals surface area contributed by atoms with Gasteiger partial charge in [0, 0.05) is 19.3 Å². The van der Waals surface area contributed by atoms with E-state index in [0.29, 0.717) is 19.3 Å². The van der Waals surface area contributed by atoms with Crippen LogP contribution in [0.15, 0.2) is 0 Å². The highest BCUT2D eigenvalue weighted by Crippen LogP contribution is 2.10. The second-order valence-corrected chi connectivity index (χ2v) is 3.38. The molecule has 0 aliphatic heterocycles. The second kappa shape index (κ2) is 6.63. The standard InChI is InChI=1S/C10H18O3/c1-4-5-9(11)6-8(2)7-10(12)13-3/h8H,4-7H2,1-3H3/t8-/m1/s1. The Morgan fingerprint density at radius 2 is 1.92 bits per heavy atom. The molecule has 0 aromatic heterocycles. The van der Waals surface area contributed by atoms with Crippen molar-refractivity contribution >= 4 is 11.8 Å². The van der Waals surface area contributed by atoms with Crippen LogP contribution in [0.3, 0.4) is 0 Å². The van der Waals surface area contributed by atoms with Crippen molar-refractivity contribution in [2.45, 2.75) is 39.5 Å². The maximum absolute atomic E-state index is 11.2. The molecule has 0 unspecified atom stereocenters. The molecule has 0 aromatic rings. The molecule has 0 aliphatic carbocycles. The van der Waals surface area contributed by atoms with Crippen LogP contribution in [0.2, 0.25) is 0 Å². The first kappa shape index (κ1) is 12.1. The molecule has 76 valence electrons. The third kappa shape index (κ3) is 6.31. The van der Waals surface area contributed by atoms with Crippen LogP contribution in [0.4, 0.5) is 0 Å². The summed E-state index contributed by atoms with van der Waals surface area (Å²) in [6.07, 6.45) is 2.32. The van der Waals surface area contributed by atoms with Crippen LogP contribution in [0.1, 0.15) is 39.5 Å². The fraction of sp³-hybridized carbons (Fsp3) is 0.800. The van der Waals surface area contributed by atoms with Crippen LogP contribution in [0, 0.1) is 5.92 Å². The van der Waals surface area contributed by atoms with Crippen molar-refractivity contribution in [3.05, 3.63) is 0 Å². The molecule has 1 atom stereocenters. The Labute approximate surface area is 79.5 Å². The van der Waals surface area contributed by atoms with E-state index in [2.05, 4.69) is 4.74 Å². The van der Waals surface area contributed by atoms with Crippen molar-refractivity contribution in [2.75, 3.05) is 7.11 Å². The quantitative estimate of drug-likeness (QED) is 0.595. The van der Waals surface area contributed by atoms with Crippen LogP contribution in [-0.2, 0) is 14.3 Å². The van der Waals surface area contributed by atoms with Gasteiger partial charge in [-0.1, -0.05) is 13.8 Å². The zero-order valence-corrected chi connectivity index (χ0v) is 8.63. The third-order valence-electron chi connectivity index (χ3n) is 1.85. The van der Waals surface area contributed by atoms with Gasteiger partial charge in [0.25, 0.3) is 0 Å². The summed E-state index contributed by atoms with van der Waals surface area (Å²) in [5.74, 6) is 0.0993. The van der Waals surface area contributed by atoms with Crippen molar-refractivity contribution in [3.8, 4) is 0 Å². The molecule has 0 aliphatic rings. The van der Waals surface area contributed by atoms with E-state index in [0.717, 1.165) is 6.42 Å². The molecule has 0 saturated carbocycles. The van der Waals surface area contributed by atoms with Gasteiger partial charge in [0.15, 0.2) is 0 Å². The minimum Gasteiger partial charge on any atom is -0.469 e. The van der Waals surface area contributed by atoms with E-state index in [4.69, 9.17) is 0 Å². The number of Topliss-reactive ketones (excluding diaryl/α,β-unsaturated/α-hetero) is 1. The average molecular weight is 186 g/mol. The molecule has 0 bridgehead atoms. The summed E-state index contributed by atoms with van der Waals surface area (Å²) >= 11 is 0. The smallest absolute Gasteiger partial charge is 0.305 e. The van der Waals surface area contributed by atoms with Crippen LogP contribution in [0.5, 0.6) is 0 Å². The maximum Gasteiger partial charge on any atom is 0.305 e. The van der Waals surface area contributed by atoms with Gasteiger partial charge in [-0.2, -0.15) is 0 Å². The van der Waals surface area contributed by atoms with E-state index in [9.17, 15) is 9.59 Å². The van der Waals surface area contributed by atoms with Crippen molar-refractivity contribution in [3.63, 3.8) is 0 Å². The Kier molecular flexibility index (Phi) is 6.20. The number of esters is 1. The number of ketones is 1. The zero-order valence-electron chi connectivity index (χ0n) is 8.63. The summed E-state index contributed by atoms with van der Waals surface area (Å²) in [6, 6.07) is 0. The Bertz CT molecular complexity index is 175. The van der Waals surface area contributed by atoms with Crippen LogP contribution < -0.4 is 0 Å². The molecule has 0 amide bonds. The van der Waals surface area contributed by atoms with E-state index in [1.807, 2.05) is 13.8 Å². The molecular formula is C10H18O3. The molecule has 3 heteroatoms. The molecular weight excluding hydrogens is 168 g/mol. The number of methoxy groups -OCH3 is 1. The second-order valence-electron chi connectivity index (χ2n) is 3.38. The summed E-state index contributed by atoms with van der Waals surface area (Å²) < 4.78 is 4.51. The Balaban J connectivity index is 3.67. The number of ether oxygens (including phenoxy) is 1. The number of carbonyl (C=O) groups is 2. The monoisotopic (exact) mass is 186 g/mol. The molecule has 0 spiro atoms. The lowest BCUT2D eigenvalue weighted by Gasteiger charge is -2.07. The van der Waals surface area contributed by atoms with Gasteiger partial charge < -0.3 is 4.74 Å². The molecule has 0 rings (SSSR count). The summed E-state index contributed by atoms with van der Waals surface area (Å²) in [7, 11) is 1.36. The molecule has 0 saturated heterocycles. The first-order valence-corrected chi connectivity index (χ1v) is 4.68. The van der Waals surface area contributed by atoms with Crippen LogP contribution >= 0.6 is 0 Å². The van der Waals surface area contributed by atoms with Crippen molar-refractivity contribution < 1.29 is 14.3 Å². The van der Waals surface area contributed by atoms with Crippen molar-refractivity contribution in [1.82, 2.24) is 0 Å². The van der Waals surface area contributed by atoms with Gasteiger partial charge in [0.1, 0.15) is 5.78 Å². The predicted octanol–water partition coefficient (Wildman–Crippen LogP) is 1.94. The lowest BCUT2D eigenvalue weighted by molar-refractivity contribution is -0.141. The minimum atomic E-state index is -0.239. The first-order valence-electron chi connectivity index (χ1n) is 4.68. The fourth-order valence-electron chi connectivity index (χ4n) is 1.21. The summed E-state index contributed by atoms with van der Waals surface area (Å²) in [6.45, 7) is 3.87. The van der Waals surface area contributed by atoms with Gasteiger partial charge in [-0.15, -0.1) is 0 Å². The number of carbonyl (C=O) groups excluding carboxylic acids is 2. The predicted molar refractivity (Wildman–Crippen MR) is 50.3 cm³/mol. The average Bonchev–Trinajstić information content (AvgIpc) is 2.04. The topological polar surface area (TPSA) is 43.4 Å². The normalized spacial score (nSPS) is 12.2. The van der Waals surface area contributed by atoms with Gasteiger partial charge in [-0.25, -0.2) is 0 Å². The van der Waals surface area contributed by atoms with Gasteiger partial charge in [-0.3, -0.25) is 9.59 Å². The van der Waals surface area contributed by atoms with Crippen LogP contribution in [0.25, 0.3) is 0 Å². The Morgan fingerprint density at radius 3 is 2.38 bits per heavy atom. The fourth-order valence-corrected chi connectivity index (χ4v) is 1.21. The molecule has 13 heavy (non-hydrogen) atoms. The van der Waals surface area contributed by atoms with Crippen molar-refractivity contribution in [2.24, 2.45) is 5.92 Å². The summed E-state index contributed by atoms with van der Waals surface area (Å²) in [5.41, 5.74) is 0. The van der Waals surface area contributed by atoms with Gasteiger partial charge in [-0.05, 0) is 12.3 Å². The Morgan fingerprint density at radius 1 is 1.31 bits per heavy atom. The van der Waals surface area contributed by atoms with E-state index in [1.54, 1.807) is 0 Å². The largest absolute Gasteiger partial charge is 0.469 e. The van der Waals surface area contributed by atoms with E-state index in [-0.39, 0.29) is 17.7 Å². The molecule has 0 aromatic carbocycles. The zero-order chi connectivity index (χ0) is 10.3. The highest BCUT2D eigenvalue weighted by Gasteiger charge is 2.12. The highest BCUT2D eigenvalue weighted by molar-refractivity contribution is 5.79. The number of hydrogen-bond acceptors (Lipinski definition) is 3. The summed E-state index contributed by atoms with van der Waals surface area (Å²) in [4.78, 5) is 22.0. The molecule has 0 N–H and O–H groups in total. The molecule has 3 nitrogen and oxygen atoms in total. The third-order valence-corrected chi connectivity index (χ3v) is 1.85.